The molecule has 2 nitrogen and oxygen atoms in total. The summed E-state index contributed by atoms with van der Waals surface area (Å²) >= 11 is 0. The molecule has 0 atom stereocenters. The number of aryl methyl sites for hydroxylation is 2. The largest absolute Gasteiger partial charge is 0.336 e. The number of hydrogen-bond acceptors (Lipinski definition) is 2. The predicted octanol–water partition coefficient (Wildman–Crippen LogP) is 16.2. The van der Waals surface area contributed by atoms with Crippen LogP contribution < -0.4 is 9.80 Å². The van der Waals surface area contributed by atoms with Crippen LogP contribution in [0.25, 0.3) is 22.3 Å². The summed E-state index contributed by atoms with van der Waals surface area (Å²) in [5.74, 6) is 0. The van der Waals surface area contributed by atoms with E-state index in [1.54, 1.807) is 0 Å². The lowest BCUT2D eigenvalue weighted by molar-refractivity contribution is 0.488. The summed E-state index contributed by atoms with van der Waals surface area (Å²) in [5.41, 5.74) is 15.2. The lowest BCUT2D eigenvalue weighted by Crippen LogP contribution is -2.40. The second kappa shape index (κ2) is 18.2. The summed E-state index contributed by atoms with van der Waals surface area (Å²) in [7, 11) is 0. The smallest absolute Gasteiger partial charge is 0.0462 e. The van der Waals surface area contributed by atoms with Gasteiger partial charge in [-0.05, 0) is 157 Å². The zero-order valence-electron chi connectivity index (χ0n) is 35.4. The van der Waals surface area contributed by atoms with E-state index in [-0.39, 0.29) is 11.0 Å². The van der Waals surface area contributed by atoms with Crippen molar-refractivity contribution in [2.24, 2.45) is 0 Å². The molecule has 0 radical (unpaired) electrons. The molecule has 0 saturated heterocycles. The van der Waals surface area contributed by atoms with Crippen LogP contribution in [-0.4, -0.2) is 5.54 Å². The second-order valence-corrected chi connectivity index (χ2v) is 16.8. The van der Waals surface area contributed by atoms with Gasteiger partial charge in [0.2, 0.25) is 0 Å². The van der Waals surface area contributed by atoms with E-state index in [2.05, 4.69) is 211 Å². The molecule has 0 aromatic heterocycles. The molecule has 0 spiro atoms. The Hall–Kier alpha value is -5.08. The Morgan fingerprint density at radius 2 is 0.696 bits per heavy atom. The summed E-state index contributed by atoms with van der Waals surface area (Å²) < 4.78 is 0. The van der Waals surface area contributed by atoms with Crippen LogP contribution >= 0.6 is 0 Å². The number of hydrogen-bond donors (Lipinski definition) is 0. The van der Waals surface area contributed by atoms with Crippen molar-refractivity contribution in [3.63, 3.8) is 0 Å². The van der Waals surface area contributed by atoms with Gasteiger partial charge in [-0.1, -0.05) is 139 Å². The zero-order valence-corrected chi connectivity index (χ0v) is 35.4. The van der Waals surface area contributed by atoms with Crippen LogP contribution in [-0.2, 0) is 18.3 Å². The molecule has 0 bridgehead atoms. The standard InChI is InChI=1S/C54H64N2/c1-9-13-15-41-17-31-48(32-18-41)55(49-35-23-44(24-36-49)43-21-29-47(30-22-43)53(5,6)11-3)50-37-25-45(26-38-50)46-27-39-52(40-28-46)56(54(7,8)12-4)51-33-19-42(20-34-51)16-14-10-2/h17-40H,9-16H2,1-8H3. The highest BCUT2D eigenvalue weighted by Gasteiger charge is 2.27. The normalized spacial score (nSPS) is 11.8. The van der Waals surface area contributed by atoms with Crippen LogP contribution in [0.1, 0.15) is 111 Å². The molecule has 0 N–H and O–H groups in total. The average Bonchev–Trinajstić information content (AvgIpc) is 3.24. The Morgan fingerprint density at radius 1 is 0.375 bits per heavy atom. The minimum absolute atomic E-state index is 0.0274. The van der Waals surface area contributed by atoms with Gasteiger partial charge in [-0.3, -0.25) is 0 Å². The third-order valence-corrected chi connectivity index (χ3v) is 12.1. The summed E-state index contributed by atoms with van der Waals surface area (Å²) in [4.78, 5) is 4.88. The number of anilines is 5. The van der Waals surface area contributed by atoms with Gasteiger partial charge < -0.3 is 9.80 Å². The first kappa shape index (κ1) is 40.6. The van der Waals surface area contributed by atoms with Crippen LogP contribution in [0.5, 0.6) is 0 Å². The molecule has 0 unspecified atom stereocenters. The maximum absolute atomic E-state index is 2.50. The molecule has 56 heavy (non-hydrogen) atoms. The van der Waals surface area contributed by atoms with Gasteiger partial charge in [0.1, 0.15) is 0 Å². The van der Waals surface area contributed by atoms with E-state index in [0.29, 0.717) is 0 Å². The maximum atomic E-state index is 2.50. The minimum Gasteiger partial charge on any atom is -0.336 e. The SMILES string of the molecule is CCCCc1ccc(N(c2ccc(-c3ccc(N(c4ccc(CCCC)cc4)C(C)(C)CC)cc3)cc2)c2ccc(-c3ccc(C(C)(C)CC)cc3)cc2)cc1. The molecule has 0 aliphatic rings. The molecule has 6 aromatic carbocycles. The summed E-state index contributed by atoms with van der Waals surface area (Å²) in [6, 6.07) is 54.8. The molecule has 0 heterocycles. The van der Waals surface area contributed by atoms with Gasteiger partial charge >= 0.3 is 0 Å². The fourth-order valence-electron chi connectivity index (χ4n) is 7.57. The molecular weight excluding hydrogens is 677 g/mol. The van der Waals surface area contributed by atoms with Crippen molar-refractivity contribution in [3.05, 3.63) is 162 Å². The zero-order chi connectivity index (χ0) is 39.7. The third-order valence-electron chi connectivity index (χ3n) is 12.1. The highest BCUT2D eigenvalue weighted by Crippen LogP contribution is 2.39. The van der Waals surface area contributed by atoms with Crippen LogP contribution in [0.15, 0.2) is 146 Å². The van der Waals surface area contributed by atoms with Gasteiger partial charge in [0, 0.05) is 34.0 Å². The monoisotopic (exact) mass is 741 g/mol. The van der Waals surface area contributed by atoms with Crippen molar-refractivity contribution < 1.29 is 0 Å². The first-order valence-electron chi connectivity index (χ1n) is 21.3. The van der Waals surface area contributed by atoms with Crippen LogP contribution in [0, 0.1) is 0 Å². The van der Waals surface area contributed by atoms with Gasteiger partial charge in [-0.2, -0.15) is 0 Å². The van der Waals surface area contributed by atoms with Gasteiger partial charge in [0.15, 0.2) is 0 Å². The molecule has 0 amide bonds. The first-order valence-corrected chi connectivity index (χ1v) is 21.3. The Morgan fingerprint density at radius 3 is 1.04 bits per heavy atom. The Bertz CT molecular complexity index is 2090. The fraction of sp³-hybridized carbons (Fsp3) is 0.333. The molecule has 2 heteroatoms. The van der Waals surface area contributed by atoms with Crippen LogP contribution in [0.2, 0.25) is 0 Å². The van der Waals surface area contributed by atoms with E-state index in [4.69, 9.17) is 0 Å². The maximum Gasteiger partial charge on any atom is 0.0462 e. The summed E-state index contributed by atoms with van der Waals surface area (Å²) in [5, 5.41) is 0. The lowest BCUT2D eigenvalue weighted by atomic mass is 9.82. The molecule has 0 aliphatic carbocycles. The van der Waals surface area contributed by atoms with Gasteiger partial charge in [-0.25, -0.2) is 0 Å². The molecule has 0 aliphatic heterocycles. The van der Waals surface area contributed by atoms with Crippen molar-refractivity contribution in [2.75, 3.05) is 9.80 Å². The van der Waals surface area contributed by atoms with Gasteiger partial charge in [0.25, 0.3) is 0 Å². The Balaban J connectivity index is 1.27. The van der Waals surface area contributed by atoms with E-state index in [1.165, 1.54) is 81.7 Å². The quantitative estimate of drug-likeness (QED) is 0.0919. The van der Waals surface area contributed by atoms with Crippen molar-refractivity contribution in [3.8, 4) is 22.3 Å². The van der Waals surface area contributed by atoms with Crippen molar-refractivity contribution in [1.29, 1.82) is 0 Å². The van der Waals surface area contributed by atoms with E-state index >= 15 is 0 Å². The predicted molar refractivity (Wildman–Crippen MR) is 245 cm³/mol. The van der Waals surface area contributed by atoms with Crippen molar-refractivity contribution in [1.82, 2.24) is 0 Å². The number of nitrogens with zero attached hydrogens (tertiary/aromatic N) is 2. The topological polar surface area (TPSA) is 6.48 Å². The molecule has 0 fully saturated rings. The molecule has 6 rings (SSSR count). The highest BCUT2D eigenvalue weighted by atomic mass is 15.2. The first-order chi connectivity index (χ1) is 27.1. The number of rotatable bonds is 17. The summed E-state index contributed by atoms with van der Waals surface area (Å²) in [6.45, 7) is 18.4. The number of benzene rings is 6. The van der Waals surface area contributed by atoms with E-state index in [0.717, 1.165) is 37.1 Å². The second-order valence-electron chi connectivity index (χ2n) is 16.8. The van der Waals surface area contributed by atoms with Crippen LogP contribution in [0.4, 0.5) is 28.4 Å². The van der Waals surface area contributed by atoms with E-state index in [1.807, 2.05) is 0 Å². The van der Waals surface area contributed by atoms with Crippen LogP contribution in [0.3, 0.4) is 0 Å². The third kappa shape index (κ3) is 9.47. The molecule has 290 valence electrons. The Kier molecular flexibility index (Phi) is 13.2. The van der Waals surface area contributed by atoms with Gasteiger partial charge in [-0.15, -0.1) is 0 Å². The Labute approximate surface area is 339 Å². The van der Waals surface area contributed by atoms with E-state index < -0.39 is 0 Å². The minimum atomic E-state index is -0.0274. The van der Waals surface area contributed by atoms with Gasteiger partial charge in [0.05, 0.1) is 0 Å². The lowest BCUT2D eigenvalue weighted by Gasteiger charge is -2.40. The van der Waals surface area contributed by atoms with Crippen molar-refractivity contribution in [2.45, 2.75) is 118 Å². The molecule has 0 saturated carbocycles. The molecule has 6 aromatic rings. The fourth-order valence-corrected chi connectivity index (χ4v) is 7.57. The highest BCUT2D eigenvalue weighted by molar-refractivity contribution is 5.80. The summed E-state index contributed by atoms with van der Waals surface area (Å²) in [6.07, 6.45) is 9.29. The average molecular weight is 741 g/mol. The molecular formula is C54H64N2. The number of unbranched alkanes of at least 4 members (excludes halogenated alkanes) is 2. The van der Waals surface area contributed by atoms with E-state index in [9.17, 15) is 0 Å². The van der Waals surface area contributed by atoms with Crippen molar-refractivity contribution >= 4 is 28.4 Å².